The molecule has 0 unspecified atom stereocenters. The van der Waals surface area contributed by atoms with Gasteiger partial charge < -0.3 is 15.3 Å². The van der Waals surface area contributed by atoms with Crippen molar-refractivity contribution in [2.45, 2.75) is 6.42 Å². The fourth-order valence-corrected chi connectivity index (χ4v) is 1.64. The lowest BCUT2D eigenvalue weighted by molar-refractivity contribution is -0.117. The molecule has 1 aromatic rings. The molecule has 1 aromatic carbocycles. The van der Waals surface area contributed by atoms with Crippen LogP contribution in [0, 0.1) is 11.3 Å². The molecule has 0 aliphatic carbocycles. The van der Waals surface area contributed by atoms with Crippen LogP contribution >= 0.6 is 0 Å². The molecule has 0 heterocycles. The Kier molecular flexibility index (Phi) is 6.87. The molecule has 2 N–H and O–H groups in total. The molecule has 0 bridgehead atoms. The number of nitrogens with one attached hydrogen (secondary N) is 1. The molecule has 1 amide bonds. The smallest absolute Gasteiger partial charge is 0.263 e. The molecule has 1 rings (SSSR count). The van der Waals surface area contributed by atoms with Gasteiger partial charge in [0.05, 0.1) is 6.61 Å². The number of amides is 1. The molecule has 20 heavy (non-hydrogen) atoms. The van der Waals surface area contributed by atoms with Gasteiger partial charge in [-0.05, 0) is 12.0 Å². The van der Waals surface area contributed by atoms with Crippen LogP contribution in [0.3, 0.4) is 0 Å². The summed E-state index contributed by atoms with van der Waals surface area (Å²) < 4.78 is 0. The largest absolute Gasteiger partial charge is 0.395 e. The van der Waals surface area contributed by atoms with Gasteiger partial charge in [0.1, 0.15) is 11.6 Å². The third-order valence-electron chi connectivity index (χ3n) is 2.71. The fourth-order valence-electron chi connectivity index (χ4n) is 1.64. The van der Waals surface area contributed by atoms with Crippen molar-refractivity contribution in [2.24, 2.45) is 0 Å². The Morgan fingerprint density at radius 3 is 2.75 bits per heavy atom. The highest BCUT2D eigenvalue weighted by atomic mass is 16.3. The minimum atomic E-state index is -0.395. The maximum atomic E-state index is 11.8. The van der Waals surface area contributed by atoms with E-state index in [9.17, 15) is 4.79 Å². The van der Waals surface area contributed by atoms with Crippen LogP contribution < -0.4 is 5.32 Å². The van der Waals surface area contributed by atoms with Crippen LogP contribution in [-0.4, -0.2) is 42.7 Å². The van der Waals surface area contributed by atoms with Crippen LogP contribution in [0.25, 0.3) is 0 Å². The number of aliphatic hydroxyl groups excluding tert-OH is 1. The minimum Gasteiger partial charge on any atom is -0.395 e. The summed E-state index contributed by atoms with van der Waals surface area (Å²) in [5.74, 6) is -0.395. The van der Waals surface area contributed by atoms with Gasteiger partial charge in [0.2, 0.25) is 0 Å². The lowest BCUT2D eigenvalue weighted by Gasteiger charge is -2.12. The van der Waals surface area contributed by atoms with Crippen molar-refractivity contribution in [3.8, 4) is 6.07 Å². The first kappa shape index (κ1) is 15.7. The Bertz CT molecular complexity index is 492. The monoisotopic (exact) mass is 273 g/mol. The maximum Gasteiger partial charge on any atom is 0.263 e. The lowest BCUT2D eigenvalue weighted by atomic mass is 10.1. The van der Waals surface area contributed by atoms with Crippen LogP contribution in [0.5, 0.6) is 0 Å². The summed E-state index contributed by atoms with van der Waals surface area (Å²) in [4.78, 5) is 13.4. The summed E-state index contributed by atoms with van der Waals surface area (Å²) in [5.41, 5.74) is 1.17. The molecule has 0 fully saturated rings. The third-order valence-corrected chi connectivity index (χ3v) is 2.71. The molecule has 0 aromatic heterocycles. The standard InChI is InChI=1S/C15H19N3O2/c1-18(9-10-19)12-14(11-16)15(20)17-8-7-13-5-3-2-4-6-13/h2-6,12,19H,7-10H2,1H3,(H,17,20)/b14-12-. The summed E-state index contributed by atoms with van der Waals surface area (Å²) in [7, 11) is 1.70. The number of carbonyl (C=O) groups is 1. The van der Waals surface area contributed by atoms with Crippen LogP contribution in [-0.2, 0) is 11.2 Å². The summed E-state index contributed by atoms with van der Waals surface area (Å²) in [6.45, 7) is 0.829. The maximum absolute atomic E-state index is 11.8. The zero-order valence-corrected chi connectivity index (χ0v) is 11.5. The van der Waals surface area contributed by atoms with Gasteiger partial charge in [-0.3, -0.25) is 4.79 Å². The Morgan fingerprint density at radius 2 is 2.15 bits per heavy atom. The van der Waals surface area contributed by atoms with Crippen molar-refractivity contribution in [3.63, 3.8) is 0 Å². The van der Waals surface area contributed by atoms with Crippen molar-refractivity contribution in [2.75, 3.05) is 26.7 Å². The molecule has 5 heteroatoms. The van der Waals surface area contributed by atoms with Gasteiger partial charge in [0, 0.05) is 26.3 Å². The van der Waals surface area contributed by atoms with Gasteiger partial charge in [-0.1, -0.05) is 30.3 Å². The van der Waals surface area contributed by atoms with Gasteiger partial charge in [-0.2, -0.15) is 5.26 Å². The summed E-state index contributed by atoms with van der Waals surface area (Å²) in [5, 5.41) is 20.4. The van der Waals surface area contributed by atoms with E-state index in [1.165, 1.54) is 6.20 Å². The van der Waals surface area contributed by atoms with Crippen LogP contribution in [0.15, 0.2) is 42.1 Å². The van der Waals surface area contributed by atoms with E-state index in [1.807, 2.05) is 36.4 Å². The molecular formula is C15H19N3O2. The fraction of sp³-hybridized carbons (Fsp3) is 0.333. The number of hydrogen-bond donors (Lipinski definition) is 2. The Labute approximate surface area is 119 Å². The van der Waals surface area contributed by atoms with Crippen LogP contribution in [0.1, 0.15) is 5.56 Å². The van der Waals surface area contributed by atoms with Gasteiger partial charge in [0.15, 0.2) is 0 Å². The number of aliphatic hydroxyl groups is 1. The molecule has 0 atom stereocenters. The molecular weight excluding hydrogens is 254 g/mol. The highest BCUT2D eigenvalue weighted by molar-refractivity contribution is 5.97. The lowest BCUT2D eigenvalue weighted by Crippen LogP contribution is -2.28. The highest BCUT2D eigenvalue weighted by Crippen LogP contribution is 1.99. The van der Waals surface area contributed by atoms with E-state index in [1.54, 1.807) is 11.9 Å². The highest BCUT2D eigenvalue weighted by Gasteiger charge is 2.09. The first-order chi connectivity index (χ1) is 9.67. The van der Waals surface area contributed by atoms with E-state index in [2.05, 4.69) is 5.32 Å². The SMILES string of the molecule is CN(/C=C(/C#N)C(=O)NCCc1ccccc1)CCO. The number of hydrogen-bond acceptors (Lipinski definition) is 4. The topological polar surface area (TPSA) is 76.4 Å². The first-order valence-corrected chi connectivity index (χ1v) is 6.42. The summed E-state index contributed by atoms with van der Waals surface area (Å²) in [6.07, 6.45) is 2.16. The third kappa shape index (κ3) is 5.55. The van der Waals surface area contributed by atoms with E-state index in [4.69, 9.17) is 10.4 Å². The molecule has 0 spiro atoms. The number of nitrogens with zero attached hydrogens (tertiary/aromatic N) is 2. The van der Waals surface area contributed by atoms with E-state index in [0.29, 0.717) is 13.1 Å². The van der Waals surface area contributed by atoms with E-state index in [-0.39, 0.29) is 12.2 Å². The minimum absolute atomic E-state index is 0.0265. The van der Waals surface area contributed by atoms with Gasteiger partial charge in [-0.25, -0.2) is 0 Å². The molecule has 0 saturated carbocycles. The quantitative estimate of drug-likeness (QED) is 0.566. The van der Waals surface area contributed by atoms with E-state index < -0.39 is 5.91 Å². The van der Waals surface area contributed by atoms with Crippen LogP contribution in [0.2, 0.25) is 0 Å². The van der Waals surface area contributed by atoms with E-state index in [0.717, 1.165) is 12.0 Å². The second kappa shape index (κ2) is 8.73. The van der Waals surface area contributed by atoms with Crippen molar-refractivity contribution in [1.82, 2.24) is 10.2 Å². The molecule has 106 valence electrons. The van der Waals surface area contributed by atoms with Crippen molar-refractivity contribution < 1.29 is 9.90 Å². The number of nitriles is 1. The predicted molar refractivity (Wildman–Crippen MR) is 76.6 cm³/mol. The zero-order valence-electron chi connectivity index (χ0n) is 11.5. The Morgan fingerprint density at radius 1 is 1.45 bits per heavy atom. The molecule has 5 nitrogen and oxygen atoms in total. The van der Waals surface area contributed by atoms with Gasteiger partial charge in [0.25, 0.3) is 5.91 Å². The van der Waals surface area contributed by atoms with Crippen molar-refractivity contribution in [3.05, 3.63) is 47.7 Å². The normalized spacial score (nSPS) is 10.8. The van der Waals surface area contributed by atoms with Gasteiger partial charge >= 0.3 is 0 Å². The van der Waals surface area contributed by atoms with Crippen LogP contribution in [0.4, 0.5) is 0 Å². The second-order valence-electron chi connectivity index (χ2n) is 4.35. The summed E-state index contributed by atoms with van der Waals surface area (Å²) >= 11 is 0. The van der Waals surface area contributed by atoms with Gasteiger partial charge in [-0.15, -0.1) is 0 Å². The van der Waals surface area contributed by atoms with Crippen molar-refractivity contribution in [1.29, 1.82) is 5.26 Å². The number of carbonyl (C=O) groups excluding carboxylic acids is 1. The Hall–Kier alpha value is -2.32. The number of benzene rings is 1. The number of likely N-dealkylation sites (N-methyl/N-ethyl adjacent to an activating group) is 1. The molecule has 0 radical (unpaired) electrons. The zero-order chi connectivity index (χ0) is 14.8. The molecule has 0 aliphatic rings. The first-order valence-electron chi connectivity index (χ1n) is 6.42. The average Bonchev–Trinajstić information content (AvgIpc) is 2.46. The average molecular weight is 273 g/mol. The van der Waals surface area contributed by atoms with Crippen molar-refractivity contribution >= 4 is 5.91 Å². The Balaban J connectivity index is 2.46. The molecule has 0 aliphatic heterocycles. The number of rotatable bonds is 7. The second-order valence-corrected chi connectivity index (χ2v) is 4.35. The molecule has 0 saturated heterocycles. The van der Waals surface area contributed by atoms with E-state index >= 15 is 0 Å². The summed E-state index contributed by atoms with van der Waals surface area (Å²) in [6, 6.07) is 11.7. The predicted octanol–water partition coefficient (Wildman–Crippen LogP) is 0.677.